The standard InChI is InChI=1S/C21H20ClN3O3/c1-27-19-4-2-3-18(20(19)24-13-15-9-11-23-12-10-15)21(26)25-28-14-16-5-7-17(22)8-6-16/h2-12,24H,13-14H2,1H3,(H,25,26). The number of hydroxylamine groups is 1. The molecule has 28 heavy (non-hydrogen) atoms. The predicted molar refractivity (Wildman–Crippen MR) is 108 cm³/mol. The molecule has 0 aliphatic carbocycles. The van der Waals surface area contributed by atoms with Gasteiger partial charge in [-0.2, -0.15) is 0 Å². The number of anilines is 1. The van der Waals surface area contributed by atoms with Gasteiger partial charge >= 0.3 is 0 Å². The summed E-state index contributed by atoms with van der Waals surface area (Å²) in [4.78, 5) is 22.0. The van der Waals surface area contributed by atoms with Gasteiger partial charge in [0.1, 0.15) is 5.75 Å². The molecule has 3 aromatic rings. The number of amides is 1. The first-order chi connectivity index (χ1) is 13.7. The molecule has 1 amide bonds. The highest BCUT2D eigenvalue weighted by molar-refractivity contribution is 6.30. The first-order valence-corrected chi connectivity index (χ1v) is 9.01. The monoisotopic (exact) mass is 397 g/mol. The summed E-state index contributed by atoms with van der Waals surface area (Å²) in [7, 11) is 1.56. The summed E-state index contributed by atoms with van der Waals surface area (Å²) in [6.45, 7) is 0.751. The van der Waals surface area contributed by atoms with Crippen molar-refractivity contribution in [2.75, 3.05) is 12.4 Å². The van der Waals surface area contributed by atoms with Crippen LogP contribution in [0.15, 0.2) is 67.0 Å². The Morgan fingerprint density at radius 3 is 2.50 bits per heavy atom. The lowest BCUT2D eigenvalue weighted by molar-refractivity contribution is 0.0234. The maximum atomic E-state index is 12.6. The fraction of sp³-hybridized carbons (Fsp3) is 0.143. The zero-order chi connectivity index (χ0) is 19.8. The second-order valence-corrected chi connectivity index (χ2v) is 6.37. The molecule has 0 radical (unpaired) electrons. The Labute approximate surface area is 168 Å². The SMILES string of the molecule is COc1cccc(C(=O)NOCc2ccc(Cl)cc2)c1NCc1ccncc1. The highest BCUT2D eigenvalue weighted by Gasteiger charge is 2.16. The number of nitrogens with one attached hydrogen (secondary N) is 2. The van der Waals surface area contributed by atoms with E-state index in [1.807, 2.05) is 24.3 Å². The van der Waals surface area contributed by atoms with Crippen molar-refractivity contribution in [3.05, 3.63) is 88.7 Å². The zero-order valence-electron chi connectivity index (χ0n) is 15.3. The number of halogens is 1. The van der Waals surface area contributed by atoms with Crippen LogP contribution in [0, 0.1) is 0 Å². The van der Waals surface area contributed by atoms with Crippen LogP contribution in [0.3, 0.4) is 0 Å². The summed E-state index contributed by atoms with van der Waals surface area (Å²) in [5, 5.41) is 3.91. The van der Waals surface area contributed by atoms with Gasteiger partial charge in [-0.25, -0.2) is 5.48 Å². The predicted octanol–water partition coefficient (Wildman–Crippen LogP) is 4.22. The largest absolute Gasteiger partial charge is 0.495 e. The summed E-state index contributed by atoms with van der Waals surface area (Å²) >= 11 is 5.86. The number of aromatic nitrogens is 1. The van der Waals surface area contributed by atoms with Crippen molar-refractivity contribution in [2.24, 2.45) is 0 Å². The first kappa shape index (κ1) is 19.7. The van der Waals surface area contributed by atoms with Gasteiger partial charge in [0.25, 0.3) is 5.91 Å². The third kappa shape index (κ3) is 5.22. The molecule has 0 spiro atoms. The van der Waals surface area contributed by atoms with E-state index in [0.29, 0.717) is 28.6 Å². The van der Waals surface area contributed by atoms with E-state index in [4.69, 9.17) is 21.2 Å². The second kappa shape index (κ2) is 9.73. The van der Waals surface area contributed by atoms with Crippen molar-refractivity contribution in [3.8, 4) is 5.75 Å². The Kier molecular flexibility index (Phi) is 6.84. The Morgan fingerprint density at radius 2 is 1.79 bits per heavy atom. The summed E-state index contributed by atoms with van der Waals surface area (Å²) in [6, 6.07) is 16.3. The Morgan fingerprint density at radius 1 is 1.04 bits per heavy atom. The Balaban J connectivity index is 1.67. The molecule has 0 unspecified atom stereocenters. The average Bonchev–Trinajstić information content (AvgIpc) is 2.74. The summed E-state index contributed by atoms with van der Waals surface area (Å²) in [5.74, 6) is 0.199. The quantitative estimate of drug-likeness (QED) is 0.557. The number of nitrogens with zero attached hydrogens (tertiary/aromatic N) is 1. The Bertz CT molecular complexity index is 918. The minimum Gasteiger partial charge on any atom is -0.495 e. The number of methoxy groups -OCH3 is 1. The molecular weight excluding hydrogens is 378 g/mol. The number of ether oxygens (including phenoxy) is 1. The summed E-state index contributed by atoms with van der Waals surface area (Å²) < 4.78 is 5.40. The van der Waals surface area contributed by atoms with Crippen molar-refractivity contribution in [1.29, 1.82) is 0 Å². The first-order valence-electron chi connectivity index (χ1n) is 8.63. The maximum Gasteiger partial charge on any atom is 0.277 e. The fourth-order valence-electron chi connectivity index (χ4n) is 2.58. The molecule has 0 atom stereocenters. The van der Waals surface area contributed by atoms with Crippen LogP contribution in [-0.2, 0) is 18.0 Å². The molecule has 0 saturated carbocycles. The van der Waals surface area contributed by atoms with Gasteiger partial charge in [-0.3, -0.25) is 14.6 Å². The number of pyridine rings is 1. The molecule has 0 fully saturated rings. The normalized spacial score (nSPS) is 10.4. The molecule has 1 aromatic heterocycles. The van der Waals surface area contributed by atoms with Crippen molar-refractivity contribution in [1.82, 2.24) is 10.5 Å². The number of rotatable bonds is 8. The molecule has 7 heteroatoms. The van der Waals surface area contributed by atoms with Crippen LogP contribution in [0.25, 0.3) is 0 Å². The van der Waals surface area contributed by atoms with Gasteiger partial charge in [0, 0.05) is 24.0 Å². The van der Waals surface area contributed by atoms with Gasteiger partial charge in [0.05, 0.1) is 25.0 Å². The van der Waals surface area contributed by atoms with Crippen LogP contribution < -0.4 is 15.5 Å². The number of hydrogen-bond donors (Lipinski definition) is 2. The summed E-state index contributed by atoms with van der Waals surface area (Å²) in [5.41, 5.74) is 5.42. The van der Waals surface area contributed by atoms with Gasteiger partial charge in [0.15, 0.2) is 0 Å². The van der Waals surface area contributed by atoms with E-state index >= 15 is 0 Å². The number of hydrogen-bond acceptors (Lipinski definition) is 5. The van der Waals surface area contributed by atoms with Gasteiger partial charge in [0.2, 0.25) is 0 Å². The molecule has 2 aromatic carbocycles. The van der Waals surface area contributed by atoms with E-state index in [-0.39, 0.29) is 12.5 Å². The van der Waals surface area contributed by atoms with Gasteiger partial charge in [-0.05, 0) is 47.5 Å². The van der Waals surface area contributed by atoms with E-state index in [9.17, 15) is 4.79 Å². The lowest BCUT2D eigenvalue weighted by Gasteiger charge is -2.16. The lowest BCUT2D eigenvalue weighted by Crippen LogP contribution is -2.24. The second-order valence-electron chi connectivity index (χ2n) is 5.94. The minimum atomic E-state index is -0.370. The highest BCUT2D eigenvalue weighted by atomic mass is 35.5. The van der Waals surface area contributed by atoms with Gasteiger partial charge in [-0.1, -0.05) is 29.8 Å². The van der Waals surface area contributed by atoms with E-state index in [2.05, 4.69) is 15.8 Å². The molecular formula is C21H20ClN3O3. The molecule has 6 nitrogen and oxygen atoms in total. The molecule has 0 bridgehead atoms. The molecule has 1 heterocycles. The topological polar surface area (TPSA) is 72.5 Å². The number of carbonyl (C=O) groups is 1. The maximum absolute atomic E-state index is 12.6. The highest BCUT2D eigenvalue weighted by Crippen LogP contribution is 2.29. The fourth-order valence-corrected chi connectivity index (χ4v) is 2.71. The van der Waals surface area contributed by atoms with Gasteiger partial charge in [-0.15, -0.1) is 0 Å². The lowest BCUT2D eigenvalue weighted by atomic mass is 10.1. The van der Waals surface area contributed by atoms with Crippen molar-refractivity contribution in [3.63, 3.8) is 0 Å². The number of para-hydroxylation sites is 1. The van der Waals surface area contributed by atoms with Crippen molar-refractivity contribution >= 4 is 23.2 Å². The third-order valence-corrected chi connectivity index (χ3v) is 4.28. The third-order valence-electron chi connectivity index (χ3n) is 4.03. The van der Waals surface area contributed by atoms with Crippen molar-refractivity contribution in [2.45, 2.75) is 13.2 Å². The van der Waals surface area contributed by atoms with E-state index in [1.165, 1.54) is 0 Å². The van der Waals surface area contributed by atoms with Crippen molar-refractivity contribution < 1.29 is 14.4 Å². The minimum absolute atomic E-state index is 0.229. The van der Waals surface area contributed by atoms with Crippen LogP contribution in [0.2, 0.25) is 5.02 Å². The molecule has 0 saturated heterocycles. The average molecular weight is 398 g/mol. The van der Waals surface area contributed by atoms with Crippen LogP contribution in [0.4, 0.5) is 5.69 Å². The number of benzene rings is 2. The smallest absolute Gasteiger partial charge is 0.277 e. The molecule has 0 aliphatic heterocycles. The molecule has 2 N–H and O–H groups in total. The summed E-state index contributed by atoms with van der Waals surface area (Å²) in [6.07, 6.45) is 3.44. The van der Waals surface area contributed by atoms with Crippen LogP contribution in [-0.4, -0.2) is 18.0 Å². The van der Waals surface area contributed by atoms with E-state index in [1.54, 1.807) is 49.8 Å². The molecule has 144 valence electrons. The zero-order valence-corrected chi connectivity index (χ0v) is 16.1. The van der Waals surface area contributed by atoms with Gasteiger partial charge < -0.3 is 10.1 Å². The molecule has 0 aliphatic rings. The molecule has 3 rings (SSSR count). The van der Waals surface area contributed by atoms with E-state index < -0.39 is 0 Å². The van der Waals surface area contributed by atoms with Crippen LogP contribution in [0.5, 0.6) is 5.75 Å². The van der Waals surface area contributed by atoms with Crippen LogP contribution in [0.1, 0.15) is 21.5 Å². The van der Waals surface area contributed by atoms with E-state index in [0.717, 1.165) is 11.1 Å². The van der Waals surface area contributed by atoms with Crippen LogP contribution >= 0.6 is 11.6 Å². The Hall–Kier alpha value is -3.09. The number of carbonyl (C=O) groups excluding carboxylic acids is 1.